The van der Waals surface area contributed by atoms with Crippen LogP contribution in [-0.4, -0.2) is 0 Å². The predicted octanol–water partition coefficient (Wildman–Crippen LogP) is 3.78. The van der Waals surface area contributed by atoms with Crippen molar-refractivity contribution >= 4 is 28.6 Å². The molecule has 1 heterocycles. The van der Waals surface area contributed by atoms with Gasteiger partial charge in [0.05, 0.1) is 5.02 Å². The molecule has 14 heavy (non-hydrogen) atoms. The highest BCUT2D eigenvalue weighted by atomic mass is 35.5. The molecule has 0 unspecified atom stereocenters. The average Bonchev–Trinajstić information content (AvgIpc) is 2.62. The summed E-state index contributed by atoms with van der Waals surface area (Å²) in [6.07, 6.45) is 0. The van der Waals surface area contributed by atoms with Crippen molar-refractivity contribution in [3.8, 4) is 10.8 Å². The van der Waals surface area contributed by atoms with E-state index in [1.165, 1.54) is 11.3 Å². The quantitative estimate of drug-likeness (QED) is 0.790. The van der Waals surface area contributed by atoms with Crippen LogP contribution in [0.15, 0.2) is 35.7 Å². The van der Waals surface area contributed by atoms with Gasteiger partial charge in [-0.25, -0.2) is 0 Å². The van der Waals surface area contributed by atoms with E-state index in [2.05, 4.69) is 0 Å². The molecule has 2 nitrogen and oxygen atoms in total. The average molecular weight is 226 g/mol. The van der Waals surface area contributed by atoms with Gasteiger partial charge in [-0.15, -0.1) is 11.3 Å². The van der Waals surface area contributed by atoms with E-state index < -0.39 is 0 Å². The summed E-state index contributed by atoms with van der Waals surface area (Å²) in [5.41, 5.74) is 6.20. The van der Waals surface area contributed by atoms with Crippen LogP contribution in [0.25, 0.3) is 0 Å². The summed E-state index contributed by atoms with van der Waals surface area (Å²) >= 11 is 7.46. The second kappa shape index (κ2) is 3.90. The molecule has 1 aromatic carbocycles. The summed E-state index contributed by atoms with van der Waals surface area (Å²) in [5.74, 6) is 0.628. The van der Waals surface area contributed by atoms with Gasteiger partial charge in [0, 0.05) is 5.69 Å². The van der Waals surface area contributed by atoms with Gasteiger partial charge in [0.25, 0.3) is 0 Å². The highest BCUT2D eigenvalue weighted by Gasteiger charge is 2.03. The molecule has 0 bridgehead atoms. The fourth-order valence-corrected chi connectivity index (χ4v) is 1.84. The Bertz CT molecular complexity index is 428. The Morgan fingerprint density at radius 3 is 2.79 bits per heavy atom. The Morgan fingerprint density at radius 2 is 2.14 bits per heavy atom. The SMILES string of the molecule is Nc1ccc(Oc2cccs2)c(Cl)c1. The van der Waals surface area contributed by atoms with Gasteiger partial charge in [0.2, 0.25) is 0 Å². The molecule has 0 aliphatic heterocycles. The topological polar surface area (TPSA) is 35.2 Å². The van der Waals surface area contributed by atoms with Gasteiger partial charge >= 0.3 is 0 Å². The smallest absolute Gasteiger partial charge is 0.180 e. The fourth-order valence-electron chi connectivity index (χ4n) is 1.03. The number of hydrogen-bond acceptors (Lipinski definition) is 3. The zero-order valence-electron chi connectivity index (χ0n) is 7.24. The Balaban J connectivity index is 2.25. The first-order chi connectivity index (χ1) is 6.75. The molecule has 0 aliphatic carbocycles. The molecule has 1 aromatic heterocycles. The van der Waals surface area contributed by atoms with Gasteiger partial charge < -0.3 is 10.5 Å². The lowest BCUT2D eigenvalue weighted by Gasteiger charge is -2.05. The molecule has 0 saturated heterocycles. The van der Waals surface area contributed by atoms with E-state index in [1.807, 2.05) is 17.5 Å². The third kappa shape index (κ3) is 2.00. The van der Waals surface area contributed by atoms with Gasteiger partial charge in [0.1, 0.15) is 5.75 Å². The minimum atomic E-state index is 0.526. The highest BCUT2D eigenvalue weighted by Crippen LogP contribution is 2.32. The molecule has 0 amide bonds. The van der Waals surface area contributed by atoms with E-state index >= 15 is 0 Å². The lowest BCUT2D eigenvalue weighted by Crippen LogP contribution is -1.86. The van der Waals surface area contributed by atoms with Gasteiger partial charge in [0.15, 0.2) is 5.06 Å². The number of anilines is 1. The number of benzene rings is 1. The molecule has 0 radical (unpaired) electrons. The van der Waals surface area contributed by atoms with Crippen LogP contribution >= 0.6 is 22.9 Å². The minimum absolute atomic E-state index is 0.526. The van der Waals surface area contributed by atoms with Crippen molar-refractivity contribution in [1.82, 2.24) is 0 Å². The second-order valence-corrected chi connectivity index (χ2v) is 4.04. The molecule has 72 valence electrons. The van der Waals surface area contributed by atoms with Crippen LogP contribution in [0.3, 0.4) is 0 Å². The number of hydrogen-bond donors (Lipinski definition) is 1. The summed E-state index contributed by atoms with van der Waals surface area (Å²) in [5, 5.41) is 3.29. The molecule has 2 N–H and O–H groups in total. The largest absolute Gasteiger partial charge is 0.445 e. The summed E-state index contributed by atoms with van der Waals surface area (Å²) in [4.78, 5) is 0. The number of rotatable bonds is 2. The van der Waals surface area contributed by atoms with Crippen molar-refractivity contribution in [3.63, 3.8) is 0 Å². The van der Waals surface area contributed by atoms with Crippen molar-refractivity contribution < 1.29 is 4.74 Å². The van der Waals surface area contributed by atoms with Crippen LogP contribution in [0.2, 0.25) is 5.02 Å². The second-order valence-electron chi connectivity index (χ2n) is 2.72. The summed E-state index contributed by atoms with van der Waals surface area (Å²) in [6, 6.07) is 9.00. The van der Waals surface area contributed by atoms with Crippen LogP contribution in [0.4, 0.5) is 5.69 Å². The van der Waals surface area contributed by atoms with Crippen LogP contribution in [-0.2, 0) is 0 Å². The van der Waals surface area contributed by atoms with E-state index in [4.69, 9.17) is 22.1 Å². The lowest BCUT2D eigenvalue weighted by molar-refractivity contribution is 0.497. The Morgan fingerprint density at radius 1 is 1.29 bits per heavy atom. The number of ether oxygens (including phenoxy) is 1. The third-order valence-corrected chi connectivity index (χ3v) is 2.70. The van der Waals surface area contributed by atoms with Crippen molar-refractivity contribution in [1.29, 1.82) is 0 Å². The Kier molecular flexibility index (Phi) is 2.61. The zero-order chi connectivity index (χ0) is 9.97. The molecule has 0 fully saturated rings. The standard InChI is InChI=1S/C10H8ClNOS/c11-8-6-7(12)3-4-9(8)13-10-2-1-5-14-10/h1-6H,12H2. The van der Waals surface area contributed by atoms with Crippen molar-refractivity contribution in [2.45, 2.75) is 0 Å². The summed E-state index contributed by atoms with van der Waals surface area (Å²) in [6.45, 7) is 0. The van der Waals surface area contributed by atoms with Crippen LogP contribution in [0.1, 0.15) is 0 Å². The number of halogens is 1. The molecule has 2 aromatic rings. The monoisotopic (exact) mass is 225 g/mol. The van der Waals surface area contributed by atoms with E-state index in [1.54, 1.807) is 18.2 Å². The molecule has 0 aliphatic rings. The number of nitrogens with two attached hydrogens (primary N) is 1. The van der Waals surface area contributed by atoms with E-state index in [0.717, 1.165) is 5.06 Å². The molecule has 4 heteroatoms. The third-order valence-electron chi connectivity index (χ3n) is 1.66. The number of thiophene rings is 1. The maximum absolute atomic E-state index is 5.95. The maximum atomic E-state index is 5.95. The maximum Gasteiger partial charge on any atom is 0.180 e. The van der Waals surface area contributed by atoms with Crippen LogP contribution in [0.5, 0.6) is 10.8 Å². The molecular formula is C10H8ClNOS. The molecule has 0 saturated carbocycles. The van der Waals surface area contributed by atoms with Gasteiger partial charge in [-0.1, -0.05) is 11.6 Å². The highest BCUT2D eigenvalue weighted by molar-refractivity contribution is 7.11. The minimum Gasteiger partial charge on any atom is -0.445 e. The van der Waals surface area contributed by atoms with Gasteiger partial charge in [-0.3, -0.25) is 0 Å². The van der Waals surface area contributed by atoms with E-state index in [0.29, 0.717) is 16.5 Å². The first-order valence-electron chi connectivity index (χ1n) is 4.02. The summed E-state index contributed by atoms with van der Waals surface area (Å²) < 4.78 is 5.54. The number of nitrogen functional groups attached to an aromatic ring is 1. The van der Waals surface area contributed by atoms with Gasteiger partial charge in [-0.2, -0.15) is 0 Å². The molecule has 0 atom stereocenters. The predicted molar refractivity (Wildman–Crippen MR) is 60.3 cm³/mol. The van der Waals surface area contributed by atoms with E-state index in [-0.39, 0.29) is 0 Å². The molecule has 0 spiro atoms. The van der Waals surface area contributed by atoms with Crippen LogP contribution < -0.4 is 10.5 Å². The van der Waals surface area contributed by atoms with Crippen molar-refractivity contribution in [3.05, 3.63) is 40.7 Å². The normalized spacial score (nSPS) is 10.1. The lowest BCUT2D eigenvalue weighted by atomic mass is 10.3. The first-order valence-corrected chi connectivity index (χ1v) is 5.28. The van der Waals surface area contributed by atoms with E-state index in [9.17, 15) is 0 Å². The summed E-state index contributed by atoms with van der Waals surface area (Å²) in [7, 11) is 0. The van der Waals surface area contributed by atoms with Gasteiger partial charge in [-0.05, 0) is 35.7 Å². The first kappa shape index (κ1) is 9.37. The fraction of sp³-hybridized carbons (Fsp3) is 0. The molecular weight excluding hydrogens is 218 g/mol. The Hall–Kier alpha value is -1.19. The van der Waals surface area contributed by atoms with Crippen LogP contribution in [0, 0.1) is 0 Å². The zero-order valence-corrected chi connectivity index (χ0v) is 8.81. The van der Waals surface area contributed by atoms with Crippen molar-refractivity contribution in [2.24, 2.45) is 0 Å². The molecule has 2 rings (SSSR count). The van der Waals surface area contributed by atoms with Crippen molar-refractivity contribution in [2.75, 3.05) is 5.73 Å². The Labute approximate surface area is 90.9 Å².